The molecule has 0 bridgehead atoms. The van der Waals surface area contributed by atoms with E-state index in [4.69, 9.17) is 4.74 Å². The molecule has 1 aromatic heterocycles. The van der Waals surface area contributed by atoms with Crippen LogP contribution >= 0.6 is 11.3 Å². The molecule has 1 aliphatic heterocycles. The van der Waals surface area contributed by atoms with E-state index in [1.807, 2.05) is 36.7 Å². The SMILES string of the molecule is COc1ccc2c(c1)sc(=NC(=O)c1ccc(S(=O)(=O)N3CCCCC3C)cc1)n2C. The Balaban J connectivity index is 1.62. The molecule has 1 amide bonds. The molecule has 0 radical (unpaired) electrons. The lowest BCUT2D eigenvalue weighted by molar-refractivity contribution is 0.0998. The highest BCUT2D eigenvalue weighted by Crippen LogP contribution is 2.26. The molecule has 7 nitrogen and oxygen atoms in total. The number of nitrogens with zero attached hydrogens (tertiary/aromatic N) is 3. The van der Waals surface area contributed by atoms with Crippen LogP contribution in [0.3, 0.4) is 0 Å². The average Bonchev–Trinajstić information content (AvgIpc) is 3.08. The molecule has 0 spiro atoms. The van der Waals surface area contributed by atoms with E-state index in [1.165, 1.54) is 35.6 Å². The van der Waals surface area contributed by atoms with E-state index >= 15 is 0 Å². The Labute approximate surface area is 185 Å². The highest BCUT2D eigenvalue weighted by Gasteiger charge is 2.30. The van der Waals surface area contributed by atoms with Crippen LogP contribution in [0.25, 0.3) is 10.2 Å². The summed E-state index contributed by atoms with van der Waals surface area (Å²) in [6.45, 7) is 2.47. The van der Waals surface area contributed by atoms with Gasteiger partial charge in [0.1, 0.15) is 5.75 Å². The molecule has 0 N–H and O–H groups in total. The van der Waals surface area contributed by atoms with Crippen molar-refractivity contribution in [2.45, 2.75) is 37.1 Å². The molecule has 1 saturated heterocycles. The Hall–Kier alpha value is -2.49. The third kappa shape index (κ3) is 4.17. The van der Waals surface area contributed by atoms with E-state index in [0.717, 1.165) is 35.2 Å². The quantitative estimate of drug-likeness (QED) is 0.598. The number of piperidine rings is 1. The topological polar surface area (TPSA) is 81.0 Å². The van der Waals surface area contributed by atoms with Gasteiger partial charge < -0.3 is 9.30 Å². The van der Waals surface area contributed by atoms with Gasteiger partial charge in [0, 0.05) is 25.2 Å². The van der Waals surface area contributed by atoms with Crippen molar-refractivity contribution in [1.29, 1.82) is 0 Å². The van der Waals surface area contributed by atoms with Gasteiger partial charge >= 0.3 is 0 Å². The molecule has 164 valence electrons. The zero-order valence-corrected chi connectivity index (χ0v) is 19.4. The van der Waals surface area contributed by atoms with Crippen molar-refractivity contribution in [3.63, 3.8) is 0 Å². The summed E-state index contributed by atoms with van der Waals surface area (Å²) in [7, 11) is -0.101. The van der Waals surface area contributed by atoms with Crippen molar-refractivity contribution in [2.75, 3.05) is 13.7 Å². The monoisotopic (exact) mass is 459 g/mol. The Morgan fingerprint density at radius 3 is 2.58 bits per heavy atom. The second kappa shape index (κ2) is 8.57. The number of aromatic nitrogens is 1. The molecule has 0 saturated carbocycles. The lowest BCUT2D eigenvalue weighted by atomic mass is 10.1. The third-order valence-electron chi connectivity index (χ3n) is 5.66. The number of amides is 1. The first-order valence-electron chi connectivity index (χ1n) is 10.2. The fourth-order valence-corrected chi connectivity index (χ4v) is 6.58. The van der Waals surface area contributed by atoms with Crippen molar-refractivity contribution in [1.82, 2.24) is 8.87 Å². The summed E-state index contributed by atoms with van der Waals surface area (Å²) in [6.07, 6.45) is 2.79. The number of hydrogen-bond donors (Lipinski definition) is 0. The first-order chi connectivity index (χ1) is 14.8. The Kier molecular flexibility index (Phi) is 6.00. The summed E-state index contributed by atoms with van der Waals surface area (Å²) in [6, 6.07) is 11.7. The number of aryl methyl sites for hydroxylation is 1. The van der Waals surface area contributed by atoms with Gasteiger partial charge in [0.15, 0.2) is 4.80 Å². The van der Waals surface area contributed by atoms with Crippen LogP contribution < -0.4 is 9.54 Å². The van der Waals surface area contributed by atoms with E-state index in [0.29, 0.717) is 16.9 Å². The van der Waals surface area contributed by atoms with E-state index in [9.17, 15) is 13.2 Å². The number of fused-ring (bicyclic) bond motifs is 1. The lowest BCUT2D eigenvalue weighted by Crippen LogP contribution is -2.41. The smallest absolute Gasteiger partial charge is 0.279 e. The molecular weight excluding hydrogens is 434 g/mol. The van der Waals surface area contributed by atoms with Gasteiger partial charge in [-0.15, -0.1) is 0 Å². The minimum atomic E-state index is -3.57. The molecule has 3 aromatic rings. The predicted octanol–water partition coefficient (Wildman–Crippen LogP) is 3.55. The van der Waals surface area contributed by atoms with Crippen LogP contribution in [0, 0.1) is 0 Å². The zero-order valence-electron chi connectivity index (χ0n) is 17.7. The van der Waals surface area contributed by atoms with Crippen molar-refractivity contribution in [3.8, 4) is 5.75 Å². The van der Waals surface area contributed by atoms with Crippen LogP contribution in [-0.4, -0.2) is 42.9 Å². The number of hydrogen-bond acceptors (Lipinski definition) is 5. The molecule has 1 atom stereocenters. The number of thiazole rings is 1. The second-order valence-electron chi connectivity index (χ2n) is 7.68. The van der Waals surface area contributed by atoms with Crippen LogP contribution in [0.5, 0.6) is 5.75 Å². The van der Waals surface area contributed by atoms with Crippen LogP contribution in [-0.2, 0) is 17.1 Å². The number of sulfonamides is 1. The predicted molar refractivity (Wildman–Crippen MR) is 121 cm³/mol. The summed E-state index contributed by atoms with van der Waals surface area (Å²) >= 11 is 1.40. The van der Waals surface area contributed by atoms with E-state index in [1.54, 1.807) is 11.4 Å². The number of methoxy groups -OCH3 is 1. The number of rotatable bonds is 4. The van der Waals surface area contributed by atoms with E-state index < -0.39 is 15.9 Å². The maximum atomic E-state index is 13.0. The minimum absolute atomic E-state index is 0.0124. The molecule has 1 aliphatic rings. The molecule has 1 unspecified atom stereocenters. The third-order valence-corrected chi connectivity index (χ3v) is 8.79. The molecule has 9 heteroatoms. The normalized spacial score (nSPS) is 18.4. The van der Waals surface area contributed by atoms with Gasteiger partial charge in [-0.2, -0.15) is 9.30 Å². The van der Waals surface area contributed by atoms with Gasteiger partial charge in [0.25, 0.3) is 5.91 Å². The standard InChI is InChI=1S/C22H25N3O4S2/c1-15-6-4-5-13-25(15)31(27,28)18-10-7-16(8-11-18)21(26)23-22-24(2)19-12-9-17(29-3)14-20(19)30-22/h7-12,14-15H,4-6,13H2,1-3H3. The first kappa shape index (κ1) is 21.7. The fraction of sp³-hybridized carbons (Fsp3) is 0.364. The zero-order chi connectivity index (χ0) is 22.2. The summed E-state index contributed by atoms with van der Waals surface area (Å²) < 4.78 is 35.6. The summed E-state index contributed by atoms with van der Waals surface area (Å²) in [5, 5.41) is 0. The van der Waals surface area contributed by atoms with Crippen LogP contribution in [0.4, 0.5) is 0 Å². The summed E-state index contributed by atoms with van der Waals surface area (Å²) in [4.78, 5) is 17.7. The molecule has 0 aliphatic carbocycles. The van der Waals surface area contributed by atoms with Crippen LogP contribution in [0.15, 0.2) is 52.4 Å². The minimum Gasteiger partial charge on any atom is -0.497 e. The van der Waals surface area contributed by atoms with Crippen molar-refractivity contribution in [2.24, 2.45) is 12.0 Å². The maximum absolute atomic E-state index is 13.0. The van der Waals surface area contributed by atoms with E-state index in [2.05, 4.69) is 4.99 Å². The van der Waals surface area contributed by atoms with Gasteiger partial charge in [-0.25, -0.2) is 8.42 Å². The average molecular weight is 460 g/mol. The molecule has 1 fully saturated rings. The van der Waals surface area contributed by atoms with Gasteiger partial charge in [-0.1, -0.05) is 17.8 Å². The maximum Gasteiger partial charge on any atom is 0.279 e. The van der Waals surface area contributed by atoms with Crippen molar-refractivity contribution in [3.05, 3.63) is 52.8 Å². The summed E-state index contributed by atoms with van der Waals surface area (Å²) in [5.41, 5.74) is 1.30. The molecule has 2 aromatic carbocycles. The molecule has 2 heterocycles. The molecular formula is C22H25N3O4S2. The fourth-order valence-electron chi connectivity index (χ4n) is 3.83. The van der Waals surface area contributed by atoms with E-state index in [-0.39, 0.29) is 10.9 Å². The Morgan fingerprint density at radius 2 is 1.90 bits per heavy atom. The number of ether oxygens (including phenoxy) is 1. The van der Waals surface area contributed by atoms with Gasteiger partial charge in [0.05, 0.1) is 22.2 Å². The van der Waals surface area contributed by atoms with Gasteiger partial charge in [0.2, 0.25) is 10.0 Å². The van der Waals surface area contributed by atoms with Crippen molar-refractivity contribution >= 4 is 37.5 Å². The highest BCUT2D eigenvalue weighted by molar-refractivity contribution is 7.89. The van der Waals surface area contributed by atoms with Gasteiger partial charge in [-0.3, -0.25) is 4.79 Å². The van der Waals surface area contributed by atoms with Gasteiger partial charge in [-0.05, 0) is 62.2 Å². The molecule has 4 rings (SSSR count). The largest absolute Gasteiger partial charge is 0.497 e. The first-order valence-corrected chi connectivity index (χ1v) is 12.4. The van der Waals surface area contributed by atoms with Crippen LogP contribution in [0.2, 0.25) is 0 Å². The van der Waals surface area contributed by atoms with Crippen molar-refractivity contribution < 1.29 is 17.9 Å². The number of carbonyl (C=O) groups is 1. The number of carbonyl (C=O) groups excluding carboxylic acids is 1. The lowest BCUT2D eigenvalue weighted by Gasteiger charge is -2.32. The number of benzene rings is 2. The Bertz CT molecular complexity index is 1290. The summed E-state index contributed by atoms with van der Waals surface area (Å²) in [5.74, 6) is 0.330. The molecule has 31 heavy (non-hydrogen) atoms. The Morgan fingerprint density at radius 1 is 1.16 bits per heavy atom. The van der Waals surface area contributed by atoms with Crippen LogP contribution in [0.1, 0.15) is 36.5 Å². The highest BCUT2D eigenvalue weighted by atomic mass is 32.2. The second-order valence-corrected chi connectivity index (χ2v) is 10.6.